The molecule has 1 aromatic carbocycles. The van der Waals surface area contributed by atoms with Crippen molar-refractivity contribution in [3.05, 3.63) is 29.8 Å². The van der Waals surface area contributed by atoms with E-state index in [1.165, 1.54) is 6.92 Å². The molecule has 1 saturated carbocycles. The first kappa shape index (κ1) is 19.6. The predicted molar refractivity (Wildman–Crippen MR) is 88.7 cm³/mol. The van der Waals surface area contributed by atoms with Crippen molar-refractivity contribution in [3.8, 4) is 0 Å². The van der Waals surface area contributed by atoms with Crippen LogP contribution in [0.4, 0.5) is 13.2 Å². The lowest BCUT2D eigenvalue weighted by atomic mass is 9.85. The molecule has 0 bridgehead atoms. The fourth-order valence-electron chi connectivity index (χ4n) is 2.83. The van der Waals surface area contributed by atoms with E-state index in [-0.39, 0.29) is 37.6 Å². The fraction of sp³-hybridized carbons (Fsp3) is 0.529. The molecule has 1 aliphatic carbocycles. The van der Waals surface area contributed by atoms with Crippen molar-refractivity contribution in [1.29, 1.82) is 0 Å². The molecule has 1 aliphatic rings. The number of carboxylic acids is 1. The Labute approximate surface area is 148 Å². The lowest BCUT2D eigenvalue weighted by Gasteiger charge is -2.30. The Morgan fingerprint density at radius 2 is 1.80 bits per heavy atom. The third-order valence-corrected chi connectivity index (χ3v) is 5.47. The molecule has 0 heterocycles. The molecular weight excluding hydrogens is 355 g/mol. The number of hydrogen-bond acceptors (Lipinski definition) is 3. The standard InChI is InChI=1S/C17H20F3NO3S/c1-10(16(23)24)25-14-5-3-2-4-13(14)15(22)21-12-8-6-11(7-9-12)17(18,19)20/h2-5,10-12H,6-9H2,1H3,(H,21,22)(H,23,24). The van der Waals surface area contributed by atoms with Gasteiger partial charge in [0, 0.05) is 10.9 Å². The van der Waals surface area contributed by atoms with Gasteiger partial charge in [-0.2, -0.15) is 13.2 Å². The van der Waals surface area contributed by atoms with Crippen molar-refractivity contribution >= 4 is 23.6 Å². The number of hydrogen-bond donors (Lipinski definition) is 2. The van der Waals surface area contributed by atoms with Crippen LogP contribution < -0.4 is 5.32 Å². The van der Waals surface area contributed by atoms with Gasteiger partial charge in [-0.1, -0.05) is 12.1 Å². The number of carbonyl (C=O) groups excluding carboxylic acids is 1. The Kier molecular flexibility index (Phi) is 6.37. The average molecular weight is 375 g/mol. The number of rotatable bonds is 5. The highest BCUT2D eigenvalue weighted by Gasteiger charge is 2.41. The molecule has 1 unspecified atom stereocenters. The van der Waals surface area contributed by atoms with E-state index in [9.17, 15) is 22.8 Å². The van der Waals surface area contributed by atoms with Gasteiger partial charge in [0.05, 0.1) is 11.5 Å². The minimum atomic E-state index is -4.18. The van der Waals surface area contributed by atoms with Gasteiger partial charge in [0.15, 0.2) is 0 Å². The Morgan fingerprint density at radius 1 is 1.20 bits per heavy atom. The van der Waals surface area contributed by atoms with E-state index in [4.69, 9.17) is 5.11 Å². The van der Waals surface area contributed by atoms with Gasteiger partial charge in [-0.3, -0.25) is 9.59 Å². The summed E-state index contributed by atoms with van der Waals surface area (Å²) in [6, 6.07) is 6.35. The van der Waals surface area contributed by atoms with Crippen LogP contribution in [0.2, 0.25) is 0 Å². The Balaban J connectivity index is 1.99. The average Bonchev–Trinajstić information content (AvgIpc) is 2.54. The van der Waals surface area contributed by atoms with Crippen LogP contribution in [0.1, 0.15) is 43.0 Å². The van der Waals surface area contributed by atoms with Crippen LogP contribution in [0.3, 0.4) is 0 Å². The fourth-order valence-corrected chi connectivity index (χ4v) is 3.75. The molecule has 1 fully saturated rings. The topological polar surface area (TPSA) is 66.4 Å². The Morgan fingerprint density at radius 3 is 2.36 bits per heavy atom. The highest BCUT2D eigenvalue weighted by Crippen LogP contribution is 2.37. The van der Waals surface area contributed by atoms with Crippen LogP contribution in [-0.4, -0.2) is 34.5 Å². The third-order valence-electron chi connectivity index (χ3n) is 4.31. The zero-order chi connectivity index (χ0) is 18.6. The second-order valence-corrected chi connectivity index (χ2v) is 7.54. The molecule has 25 heavy (non-hydrogen) atoms. The first-order valence-electron chi connectivity index (χ1n) is 8.04. The number of halogens is 3. The van der Waals surface area contributed by atoms with E-state index in [0.29, 0.717) is 10.5 Å². The lowest BCUT2D eigenvalue weighted by molar-refractivity contribution is -0.182. The molecule has 2 N–H and O–H groups in total. The van der Waals surface area contributed by atoms with Gasteiger partial charge in [0.25, 0.3) is 5.91 Å². The molecule has 2 rings (SSSR count). The van der Waals surface area contributed by atoms with E-state index in [1.54, 1.807) is 24.3 Å². The monoisotopic (exact) mass is 375 g/mol. The number of nitrogens with one attached hydrogen (secondary N) is 1. The van der Waals surface area contributed by atoms with Crippen LogP contribution in [0.25, 0.3) is 0 Å². The number of alkyl halides is 3. The van der Waals surface area contributed by atoms with E-state index in [1.807, 2.05) is 0 Å². The number of benzene rings is 1. The van der Waals surface area contributed by atoms with Crippen LogP contribution in [-0.2, 0) is 4.79 Å². The minimum Gasteiger partial charge on any atom is -0.480 e. The van der Waals surface area contributed by atoms with Gasteiger partial charge in [-0.05, 0) is 44.7 Å². The molecule has 138 valence electrons. The second-order valence-electron chi connectivity index (χ2n) is 6.16. The molecule has 0 aliphatic heterocycles. The minimum absolute atomic E-state index is 0.0148. The molecule has 4 nitrogen and oxygen atoms in total. The molecular formula is C17H20F3NO3S. The van der Waals surface area contributed by atoms with Gasteiger partial charge in [-0.15, -0.1) is 11.8 Å². The summed E-state index contributed by atoms with van der Waals surface area (Å²) in [5.41, 5.74) is 0.346. The maximum absolute atomic E-state index is 12.7. The van der Waals surface area contributed by atoms with Crippen molar-refractivity contribution in [2.24, 2.45) is 5.92 Å². The quantitative estimate of drug-likeness (QED) is 0.761. The maximum Gasteiger partial charge on any atom is 0.391 e. The van der Waals surface area contributed by atoms with Crippen LogP contribution in [0, 0.1) is 5.92 Å². The molecule has 0 radical (unpaired) electrons. The summed E-state index contributed by atoms with van der Waals surface area (Å²) in [6.07, 6.45) is -3.57. The molecule has 1 atom stereocenters. The number of carboxylic acid groups (broad SMARTS) is 1. The number of carbonyl (C=O) groups is 2. The summed E-state index contributed by atoms with van der Waals surface area (Å²) >= 11 is 1.06. The normalized spacial score (nSPS) is 22.2. The Hall–Kier alpha value is -1.70. The van der Waals surface area contributed by atoms with Gasteiger partial charge in [0.2, 0.25) is 0 Å². The Bertz CT molecular complexity index is 628. The molecule has 0 spiro atoms. The van der Waals surface area contributed by atoms with Gasteiger partial charge in [-0.25, -0.2) is 0 Å². The molecule has 1 aromatic rings. The second kappa shape index (κ2) is 8.12. The van der Waals surface area contributed by atoms with Crippen molar-refractivity contribution in [2.75, 3.05) is 0 Å². The van der Waals surface area contributed by atoms with E-state index in [2.05, 4.69) is 5.32 Å². The van der Waals surface area contributed by atoms with Gasteiger partial charge < -0.3 is 10.4 Å². The molecule has 0 aromatic heterocycles. The van der Waals surface area contributed by atoms with Crippen LogP contribution in [0.15, 0.2) is 29.2 Å². The van der Waals surface area contributed by atoms with Crippen molar-refractivity contribution in [2.45, 2.75) is 55.0 Å². The molecule has 8 heteroatoms. The first-order chi connectivity index (χ1) is 11.7. The SMILES string of the molecule is CC(Sc1ccccc1C(=O)NC1CCC(C(F)(F)F)CC1)C(=O)O. The van der Waals surface area contributed by atoms with Crippen LogP contribution in [0.5, 0.6) is 0 Å². The van der Waals surface area contributed by atoms with Crippen molar-refractivity contribution in [3.63, 3.8) is 0 Å². The van der Waals surface area contributed by atoms with E-state index < -0.39 is 23.3 Å². The number of amides is 1. The summed E-state index contributed by atoms with van der Waals surface area (Å²) < 4.78 is 38.1. The lowest BCUT2D eigenvalue weighted by Crippen LogP contribution is -2.40. The molecule has 1 amide bonds. The van der Waals surface area contributed by atoms with Gasteiger partial charge >= 0.3 is 12.1 Å². The maximum atomic E-state index is 12.7. The van der Waals surface area contributed by atoms with Gasteiger partial charge in [0.1, 0.15) is 5.25 Å². The van der Waals surface area contributed by atoms with Crippen molar-refractivity contribution in [1.82, 2.24) is 5.32 Å². The summed E-state index contributed by atoms with van der Waals surface area (Å²) in [5, 5.41) is 11.1. The molecule has 0 saturated heterocycles. The van der Waals surface area contributed by atoms with E-state index >= 15 is 0 Å². The summed E-state index contributed by atoms with van der Waals surface area (Å²) in [4.78, 5) is 24.0. The van der Waals surface area contributed by atoms with E-state index in [0.717, 1.165) is 11.8 Å². The third kappa shape index (κ3) is 5.39. The summed E-state index contributed by atoms with van der Waals surface area (Å²) in [6.45, 7) is 1.53. The smallest absolute Gasteiger partial charge is 0.391 e. The summed E-state index contributed by atoms with van der Waals surface area (Å²) in [7, 11) is 0. The highest BCUT2D eigenvalue weighted by molar-refractivity contribution is 8.00. The predicted octanol–water partition coefficient (Wildman–Crippen LogP) is 4.10. The first-order valence-corrected chi connectivity index (χ1v) is 8.92. The number of aliphatic carboxylic acids is 1. The van der Waals surface area contributed by atoms with Crippen molar-refractivity contribution < 1.29 is 27.9 Å². The van der Waals surface area contributed by atoms with Crippen LogP contribution >= 0.6 is 11.8 Å². The highest BCUT2D eigenvalue weighted by atomic mass is 32.2. The largest absolute Gasteiger partial charge is 0.480 e. The zero-order valence-electron chi connectivity index (χ0n) is 13.7. The summed E-state index contributed by atoms with van der Waals surface area (Å²) in [5.74, 6) is -2.65. The number of thioether (sulfide) groups is 1. The zero-order valence-corrected chi connectivity index (χ0v) is 14.5.